The second-order valence-electron chi connectivity index (χ2n) is 5.29. The van der Waals surface area contributed by atoms with Crippen molar-refractivity contribution in [1.82, 2.24) is 9.97 Å². The quantitative estimate of drug-likeness (QED) is 0.723. The number of hydrogen-bond acceptors (Lipinski definition) is 5. The van der Waals surface area contributed by atoms with Gasteiger partial charge >= 0.3 is 0 Å². The molecule has 0 aliphatic carbocycles. The maximum absolute atomic E-state index is 12.6. The number of hydrogen-bond donors (Lipinski definition) is 2. The molecule has 126 valence electrons. The number of ether oxygens (including phenoxy) is 1. The van der Waals surface area contributed by atoms with E-state index in [1.165, 1.54) is 0 Å². The van der Waals surface area contributed by atoms with Crippen molar-refractivity contribution < 1.29 is 9.53 Å². The molecule has 0 spiro atoms. The second kappa shape index (κ2) is 7.92. The van der Waals surface area contributed by atoms with Crippen LogP contribution >= 0.6 is 0 Å². The molecule has 0 aliphatic heterocycles. The minimum atomic E-state index is -0.237. The van der Waals surface area contributed by atoms with Crippen LogP contribution in [-0.4, -0.2) is 23.0 Å². The highest BCUT2D eigenvalue weighted by Crippen LogP contribution is 2.19. The lowest BCUT2D eigenvalue weighted by atomic mass is 10.2. The number of anilines is 2. The van der Waals surface area contributed by atoms with Crippen LogP contribution in [0.2, 0.25) is 0 Å². The predicted octanol–water partition coefficient (Wildman–Crippen LogP) is 3.35. The Balaban J connectivity index is 1.74. The van der Waals surface area contributed by atoms with Crippen molar-refractivity contribution >= 4 is 17.4 Å². The Morgan fingerprint density at radius 1 is 1.08 bits per heavy atom. The third-order valence-electron chi connectivity index (χ3n) is 3.59. The van der Waals surface area contributed by atoms with Crippen molar-refractivity contribution in [2.75, 3.05) is 17.7 Å². The number of nitrogens with zero attached hydrogens (tertiary/aromatic N) is 2. The van der Waals surface area contributed by atoms with Gasteiger partial charge in [0.05, 0.1) is 12.7 Å². The molecule has 2 heterocycles. The molecule has 2 aromatic heterocycles. The van der Waals surface area contributed by atoms with Gasteiger partial charge in [-0.2, -0.15) is 0 Å². The second-order valence-corrected chi connectivity index (χ2v) is 5.29. The van der Waals surface area contributed by atoms with Crippen LogP contribution < -0.4 is 15.4 Å². The minimum absolute atomic E-state index is 0.237. The Bertz CT molecular complexity index is 853. The van der Waals surface area contributed by atoms with Crippen LogP contribution in [0.3, 0.4) is 0 Å². The summed E-state index contributed by atoms with van der Waals surface area (Å²) in [4.78, 5) is 20.9. The lowest BCUT2D eigenvalue weighted by Gasteiger charge is -2.11. The zero-order valence-corrected chi connectivity index (χ0v) is 13.8. The molecule has 25 heavy (non-hydrogen) atoms. The average Bonchev–Trinajstić information content (AvgIpc) is 2.67. The highest BCUT2D eigenvalue weighted by atomic mass is 16.5. The maximum atomic E-state index is 12.6. The van der Waals surface area contributed by atoms with E-state index >= 15 is 0 Å². The average molecular weight is 334 g/mol. The fourth-order valence-electron chi connectivity index (χ4n) is 2.32. The van der Waals surface area contributed by atoms with Crippen LogP contribution in [0.25, 0.3) is 0 Å². The summed E-state index contributed by atoms with van der Waals surface area (Å²) < 4.78 is 5.17. The van der Waals surface area contributed by atoms with Gasteiger partial charge in [-0.05, 0) is 42.0 Å². The van der Waals surface area contributed by atoms with E-state index in [4.69, 9.17) is 4.74 Å². The zero-order chi connectivity index (χ0) is 17.5. The highest BCUT2D eigenvalue weighted by molar-refractivity contribution is 6.07. The van der Waals surface area contributed by atoms with E-state index in [0.717, 1.165) is 5.56 Å². The molecule has 6 nitrogen and oxygen atoms in total. The molecular weight excluding hydrogens is 316 g/mol. The number of carbonyl (C=O) groups is 1. The van der Waals surface area contributed by atoms with E-state index in [1.807, 2.05) is 24.3 Å². The Morgan fingerprint density at radius 2 is 1.92 bits per heavy atom. The van der Waals surface area contributed by atoms with E-state index in [9.17, 15) is 4.79 Å². The van der Waals surface area contributed by atoms with Gasteiger partial charge in [-0.15, -0.1) is 0 Å². The van der Waals surface area contributed by atoms with Gasteiger partial charge in [0.25, 0.3) is 5.91 Å². The van der Waals surface area contributed by atoms with Crippen LogP contribution in [0.15, 0.2) is 67.1 Å². The van der Waals surface area contributed by atoms with Gasteiger partial charge in [0, 0.05) is 36.9 Å². The Labute approximate surface area is 145 Å². The standard InChI is InChI=1S/C19H18N4O2/c1-25-16-5-2-4-15(12-16)23-19(24)17-6-3-9-21-18(17)22-13-14-7-10-20-11-8-14/h2-12H,13H2,1H3,(H,21,22)(H,23,24). The molecule has 0 saturated carbocycles. The molecule has 3 rings (SSSR count). The molecule has 0 unspecified atom stereocenters. The first kappa shape index (κ1) is 16.4. The number of aromatic nitrogens is 2. The van der Waals surface area contributed by atoms with E-state index in [-0.39, 0.29) is 5.91 Å². The van der Waals surface area contributed by atoms with E-state index < -0.39 is 0 Å². The minimum Gasteiger partial charge on any atom is -0.497 e. The summed E-state index contributed by atoms with van der Waals surface area (Å²) in [5.74, 6) is 0.971. The largest absolute Gasteiger partial charge is 0.497 e. The van der Waals surface area contributed by atoms with E-state index in [0.29, 0.717) is 29.4 Å². The van der Waals surface area contributed by atoms with Gasteiger partial charge in [-0.1, -0.05) is 6.07 Å². The molecule has 0 atom stereocenters. The number of pyridine rings is 2. The Kier molecular flexibility index (Phi) is 5.21. The van der Waals surface area contributed by atoms with Crippen molar-refractivity contribution in [3.63, 3.8) is 0 Å². The zero-order valence-electron chi connectivity index (χ0n) is 13.8. The molecule has 2 N–H and O–H groups in total. The third-order valence-corrected chi connectivity index (χ3v) is 3.59. The molecule has 0 bridgehead atoms. The van der Waals surface area contributed by atoms with Crippen molar-refractivity contribution in [3.8, 4) is 5.75 Å². The van der Waals surface area contributed by atoms with Crippen LogP contribution in [0.1, 0.15) is 15.9 Å². The van der Waals surface area contributed by atoms with Crippen LogP contribution in [0, 0.1) is 0 Å². The number of amides is 1. The van der Waals surface area contributed by atoms with Crippen LogP contribution in [0.5, 0.6) is 5.75 Å². The fourth-order valence-corrected chi connectivity index (χ4v) is 2.32. The summed E-state index contributed by atoms with van der Waals surface area (Å²) in [5, 5.41) is 6.06. The lowest BCUT2D eigenvalue weighted by Crippen LogP contribution is -2.15. The van der Waals surface area contributed by atoms with Gasteiger partial charge in [0.2, 0.25) is 0 Å². The van der Waals surface area contributed by atoms with E-state index in [2.05, 4.69) is 20.6 Å². The number of carbonyl (C=O) groups excluding carboxylic acids is 1. The van der Waals surface area contributed by atoms with Crippen molar-refractivity contribution in [1.29, 1.82) is 0 Å². The first-order valence-electron chi connectivity index (χ1n) is 7.79. The predicted molar refractivity (Wildman–Crippen MR) is 96.7 cm³/mol. The van der Waals surface area contributed by atoms with Crippen molar-refractivity contribution in [2.24, 2.45) is 0 Å². The van der Waals surface area contributed by atoms with Crippen LogP contribution in [-0.2, 0) is 6.54 Å². The summed E-state index contributed by atoms with van der Waals surface area (Å²) in [5.41, 5.74) is 2.19. The molecule has 6 heteroatoms. The van der Waals surface area contributed by atoms with Crippen molar-refractivity contribution in [2.45, 2.75) is 6.54 Å². The number of benzene rings is 1. The summed E-state index contributed by atoms with van der Waals surface area (Å²) in [6, 6.07) is 14.5. The molecule has 0 saturated heterocycles. The third kappa shape index (κ3) is 4.32. The maximum Gasteiger partial charge on any atom is 0.259 e. The first-order chi connectivity index (χ1) is 12.3. The highest BCUT2D eigenvalue weighted by Gasteiger charge is 2.12. The smallest absolute Gasteiger partial charge is 0.259 e. The summed E-state index contributed by atoms with van der Waals surface area (Å²) >= 11 is 0. The van der Waals surface area contributed by atoms with Gasteiger partial charge in [0.1, 0.15) is 11.6 Å². The molecule has 1 amide bonds. The molecule has 3 aromatic rings. The first-order valence-corrected chi connectivity index (χ1v) is 7.79. The Morgan fingerprint density at radius 3 is 2.72 bits per heavy atom. The molecule has 0 fully saturated rings. The monoisotopic (exact) mass is 334 g/mol. The topological polar surface area (TPSA) is 76.1 Å². The van der Waals surface area contributed by atoms with Gasteiger partial charge in [-0.25, -0.2) is 4.98 Å². The molecular formula is C19H18N4O2. The Hall–Kier alpha value is -3.41. The van der Waals surface area contributed by atoms with Crippen molar-refractivity contribution in [3.05, 3.63) is 78.2 Å². The number of methoxy groups -OCH3 is 1. The fraction of sp³-hybridized carbons (Fsp3) is 0.105. The van der Waals surface area contributed by atoms with E-state index in [1.54, 1.807) is 50.0 Å². The summed E-state index contributed by atoms with van der Waals surface area (Å²) in [6.07, 6.45) is 5.11. The summed E-state index contributed by atoms with van der Waals surface area (Å²) in [6.45, 7) is 0.555. The SMILES string of the molecule is COc1cccc(NC(=O)c2cccnc2NCc2ccncc2)c1. The van der Waals surface area contributed by atoms with Crippen LogP contribution in [0.4, 0.5) is 11.5 Å². The van der Waals surface area contributed by atoms with Gasteiger partial charge in [0.15, 0.2) is 0 Å². The normalized spacial score (nSPS) is 10.1. The molecule has 0 aliphatic rings. The molecule has 0 radical (unpaired) electrons. The molecule has 1 aromatic carbocycles. The lowest BCUT2D eigenvalue weighted by molar-refractivity contribution is 0.102. The number of rotatable bonds is 6. The van der Waals surface area contributed by atoms with Gasteiger partial charge in [-0.3, -0.25) is 9.78 Å². The van der Waals surface area contributed by atoms with Gasteiger partial charge < -0.3 is 15.4 Å². The summed E-state index contributed by atoms with van der Waals surface area (Å²) in [7, 11) is 1.59. The number of nitrogens with one attached hydrogen (secondary N) is 2.